The average Bonchev–Trinajstić information content (AvgIpc) is 2.83. The zero-order chi connectivity index (χ0) is 15.5. The molecule has 1 aromatic carbocycles. The first-order valence-corrected chi connectivity index (χ1v) is 8.27. The summed E-state index contributed by atoms with van der Waals surface area (Å²) in [4.78, 5) is 23.5. The minimum Gasteiger partial charge on any atom is -0.352 e. The van der Waals surface area contributed by atoms with E-state index in [0.29, 0.717) is 13.0 Å². The monoisotopic (exact) mass is 303 g/mol. The molecule has 3 rings (SSSR count). The Bertz CT molecular complexity index is 510. The van der Waals surface area contributed by atoms with Crippen LogP contribution in [0, 0.1) is 0 Å². The van der Waals surface area contributed by atoms with Gasteiger partial charge in [0.15, 0.2) is 0 Å². The summed E-state index contributed by atoms with van der Waals surface area (Å²) in [6.07, 6.45) is 6.93. The molecule has 1 N–H and O–H groups in total. The lowest BCUT2D eigenvalue weighted by Gasteiger charge is -2.30. The maximum Gasteiger partial charge on any atom is 0.223 e. The standard InChI is InChI=1S/C18H25NO3/c1-17(14-18(22-21-17)10-6-3-7-11-18)12-16(20)19-13-15-8-4-2-5-9-15/h2,4-5,8-9H,3,6-7,10-14H2,1H3,(H,19,20). The minimum absolute atomic E-state index is 0.0165. The van der Waals surface area contributed by atoms with Crippen LogP contribution in [0.25, 0.3) is 0 Å². The third kappa shape index (κ3) is 3.68. The van der Waals surface area contributed by atoms with Crippen LogP contribution in [0.1, 0.15) is 57.4 Å². The molecular formula is C18H25NO3. The van der Waals surface area contributed by atoms with Gasteiger partial charge in [0.05, 0.1) is 6.42 Å². The van der Waals surface area contributed by atoms with Crippen LogP contribution in [-0.2, 0) is 21.1 Å². The minimum atomic E-state index is -0.502. The molecule has 1 saturated heterocycles. The molecule has 1 heterocycles. The zero-order valence-electron chi connectivity index (χ0n) is 13.3. The lowest BCUT2D eigenvalue weighted by atomic mass is 9.77. The van der Waals surface area contributed by atoms with Crippen molar-refractivity contribution in [1.29, 1.82) is 0 Å². The summed E-state index contributed by atoms with van der Waals surface area (Å²) >= 11 is 0. The highest BCUT2D eigenvalue weighted by molar-refractivity contribution is 5.77. The largest absolute Gasteiger partial charge is 0.352 e. The number of amides is 1. The van der Waals surface area contributed by atoms with Crippen molar-refractivity contribution in [3.63, 3.8) is 0 Å². The van der Waals surface area contributed by atoms with Crippen LogP contribution in [-0.4, -0.2) is 17.1 Å². The van der Waals surface area contributed by atoms with Crippen LogP contribution in [0.3, 0.4) is 0 Å². The van der Waals surface area contributed by atoms with Crippen LogP contribution < -0.4 is 5.32 Å². The third-order valence-corrected chi connectivity index (χ3v) is 4.75. The lowest BCUT2D eigenvalue weighted by molar-refractivity contribution is -0.351. The van der Waals surface area contributed by atoms with Gasteiger partial charge in [-0.2, -0.15) is 0 Å². The molecule has 0 bridgehead atoms. The summed E-state index contributed by atoms with van der Waals surface area (Å²) in [5.74, 6) is 0.0165. The van der Waals surface area contributed by atoms with Gasteiger partial charge < -0.3 is 5.32 Å². The van der Waals surface area contributed by atoms with E-state index in [1.165, 1.54) is 19.3 Å². The molecule has 1 aliphatic heterocycles. The van der Waals surface area contributed by atoms with Crippen LogP contribution in [0.2, 0.25) is 0 Å². The van der Waals surface area contributed by atoms with Crippen molar-refractivity contribution in [3.8, 4) is 0 Å². The number of hydrogen-bond acceptors (Lipinski definition) is 3. The van der Waals surface area contributed by atoms with E-state index in [4.69, 9.17) is 9.78 Å². The van der Waals surface area contributed by atoms with Gasteiger partial charge in [0.2, 0.25) is 5.91 Å². The Kier molecular flexibility index (Phi) is 4.50. The molecular weight excluding hydrogens is 278 g/mol. The molecule has 0 aromatic heterocycles. The molecule has 22 heavy (non-hydrogen) atoms. The van der Waals surface area contributed by atoms with Gasteiger partial charge in [-0.3, -0.25) is 4.79 Å². The van der Waals surface area contributed by atoms with Crippen molar-refractivity contribution in [2.45, 2.75) is 69.6 Å². The molecule has 1 spiro atoms. The van der Waals surface area contributed by atoms with Crippen LogP contribution >= 0.6 is 0 Å². The number of carbonyl (C=O) groups is 1. The summed E-state index contributed by atoms with van der Waals surface area (Å²) in [5.41, 5.74) is 0.457. The fourth-order valence-electron chi connectivity index (χ4n) is 3.68. The van der Waals surface area contributed by atoms with Gasteiger partial charge in [-0.1, -0.05) is 49.6 Å². The number of hydrogen-bond donors (Lipinski definition) is 1. The first-order chi connectivity index (χ1) is 10.6. The summed E-state index contributed by atoms with van der Waals surface area (Å²) in [6, 6.07) is 9.94. The second-order valence-corrected chi connectivity index (χ2v) is 6.98. The molecule has 120 valence electrons. The SMILES string of the molecule is CC1(CC(=O)NCc2ccccc2)CC2(CCCCC2)OO1. The third-order valence-electron chi connectivity index (χ3n) is 4.75. The van der Waals surface area contributed by atoms with Crippen LogP contribution in [0.15, 0.2) is 30.3 Å². The molecule has 1 aliphatic carbocycles. The van der Waals surface area contributed by atoms with Crippen LogP contribution in [0.5, 0.6) is 0 Å². The van der Waals surface area contributed by atoms with E-state index in [1.807, 2.05) is 37.3 Å². The average molecular weight is 303 g/mol. The van der Waals surface area contributed by atoms with Gasteiger partial charge >= 0.3 is 0 Å². The van der Waals surface area contributed by atoms with Crippen molar-refractivity contribution < 1.29 is 14.6 Å². The summed E-state index contributed by atoms with van der Waals surface area (Å²) < 4.78 is 0. The van der Waals surface area contributed by atoms with Crippen molar-refractivity contribution in [2.75, 3.05) is 0 Å². The summed E-state index contributed by atoms with van der Waals surface area (Å²) in [6.45, 7) is 2.54. The molecule has 1 saturated carbocycles. The molecule has 1 unspecified atom stereocenters. The molecule has 2 fully saturated rings. The fourth-order valence-corrected chi connectivity index (χ4v) is 3.68. The van der Waals surface area contributed by atoms with Gasteiger partial charge in [0.25, 0.3) is 0 Å². The smallest absolute Gasteiger partial charge is 0.223 e. The van der Waals surface area contributed by atoms with E-state index in [-0.39, 0.29) is 11.5 Å². The van der Waals surface area contributed by atoms with Crippen molar-refractivity contribution in [1.82, 2.24) is 5.32 Å². The van der Waals surface area contributed by atoms with Crippen molar-refractivity contribution in [2.24, 2.45) is 0 Å². The maximum atomic E-state index is 12.2. The molecule has 4 heteroatoms. The Labute approximate surface area is 132 Å². The van der Waals surface area contributed by atoms with E-state index in [2.05, 4.69) is 5.32 Å². The summed E-state index contributed by atoms with van der Waals surface area (Å²) in [5, 5.41) is 2.97. The predicted octanol–water partition coefficient (Wildman–Crippen LogP) is 3.51. The van der Waals surface area contributed by atoms with E-state index in [9.17, 15) is 4.79 Å². The van der Waals surface area contributed by atoms with E-state index >= 15 is 0 Å². The Balaban J connectivity index is 1.50. The lowest BCUT2D eigenvalue weighted by Crippen LogP contribution is -2.37. The van der Waals surface area contributed by atoms with E-state index in [1.54, 1.807) is 0 Å². The number of carbonyl (C=O) groups excluding carboxylic acids is 1. The van der Waals surface area contributed by atoms with Gasteiger partial charge in [0, 0.05) is 13.0 Å². The van der Waals surface area contributed by atoms with Gasteiger partial charge in [-0.05, 0) is 25.3 Å². The quantitative estimate of drug-likeness (QED) is 0.866. The highest BCUT2D eigenvalue weighted by Crippen LogP contribution is 2.46. The molecule has 0 radical (unpaired) electrons. The topological polar surface area (TPSA) is 47.6 Å². The molecule has 2 aliphatic rings. The van der Waals surface area contributed by atoms with Crippen molar-refractivity contribution in [3.05, 3.63) is 35.9 Å². The number of nitrogens with one attached hydrogen (secondary N) is 1. The first kappa shape index (κ1) is 15.5. The van der Waals surface area contributed by atoms with Gasteiger partial charge in [0.1, 0.15) is 11.2 Å². The Morgan fingerprint density at radius 3 is 2.59 bits per heavy atom. The normalized spacial score (nSPS) is 27.0. The number of rotatable bonds is 4. The zero-order valence-corrected chi connectivity index (χ0v) is 13.3. The second kappa shape index (κ2) is 6.39. The predicted molar refractivity (Wildman–Crippen MR) is 83.9 cm³/mol. The molecule has 1 aromatic rings. The molecule has 4 nitrogen and oxygen atoms in total. The Hall–Kier alpha value is -1.39. The van der Waals surface area contributed by atoms with Gasteiger partial charge in [-0.15, -0.1) is 0 Å². The van der Waals surface area contributed by atoms with Crippen LogP contribution in [0.4, 0.5) is 0 Å². The van der Waals surface area contributed by atoms with Gasteiger partial charge in [-0.25, -0.2) is 9.78 Å². The first-order valence-electron chi connectivity index (χ1n) is 8.27. The fraction of sp³-hybridized carbons (Fsp3) is 0.611. The maximum absolute atomic E-state index is 12.2. The van der Waals surface area contributed by atoms with E-state index < -0.39 is 5.60 Å². The highest BCUT2D eigenvalue weighted by atomic mass is 17.2. The number of benzene rings is 1. The molecule has 1 amide bonds. The second-order valence-electron chi connectivity index (χ2n) is 6.98. The highest BCUT2D eigenvalue weighted by Gasteiger charge is 2.50. The molecule has 1 atom stereocenters. The Morgan fingerprint density at radius 1 is 1.14 bits per heavy atom. The summed E-state index contributed by atoms with van der Waals surface area (Å²) in [7, 11) is 0. The van der Waals surface area contributed by atoms with Crippen molar-refractivity contribution >= 4 is 5.91 Å². The Morgan fingerprint density at radius 2 is 1.86 bits per heavy atom. The van der Waals surface area contributed by atoms with E-state index in [0.717, 1.165) is 24.8 Å².